The van der Waals surface area contributed by atoms with Gasteiger partial charge >= 0.3 is 11.9 Å². The maximum absolute atomic E-state index is 10.9. The third kappa shape index (κ3) is 4.29. The number of carbonyl (C=O) groups excluding carboxylic acids is 2. The molecule has 1 heterocycles. The highest BCUT2D eigenvalue weighted by Crippen LogP contribution is 2.16. The van der Waals surface area contributed by atoms with Gasteiger partial charge < -0.3 is 14.2 Å². The maximum atomic E-state index is 10.9. The number of carbonyl (C=O) groups is 2. The molecule has 17 heavy (non-hydrogen) atoms. The van der Waals surface area contributed by atoms with Crippen molar-refractivity contribution in [2.24, 2.45) is 0 Å². The zero-order chi connectivity index (χ0) is 12.8. The summed E-state index contributed by atoms with van der Waals surface area (Å²) in [7, 11) is 0. The molecule has 0 spiro atoms. The predicted molar refractivity (Wildman–Crippen MR) is 58.8 cm³/mol. The smallest absolute Gasteiger partial charge is 0.303 e. The normalized spacial score (nSPS) is 27.0. The van der Waals surface area contributed by atoms with Crippen molar-refractivity contribution in [3.63, 3.8) is 0 Å². The lowest BCUT2D eigenvalue weighted by Crippen LogP contribution is -2.41. The van der Waals surface area contributed by atoms with Crippen LogP contribution >= 0.6 is 0 Å². The van der Waals surface area contributed by atoms with Crippen LogP contribution < -0.4 is 0 Å². The Morgan fingerprint density at radius 1 is 1.35 bits per heavy atom. The highest BCUT2D eigenvalue weighted by Gasteiger charge is 2.29. The highest BCUT2D eigenvalue weighted by molar-refractivity contribution is 5.66. The summed E-state index contributed by atoms with van der Waals surface area (Å²) in [5.41, 5.74) is 0. The van der Waals surface area contributed by atoms with Crippen molar-refractivity contribution in [1.82, 2.24) is 0 Å². The fourth-order valence-corrected chi connectivity index (χ4v) is 1.38. The van der Waals surface area contributed by atoms with Crippen molar-refractivity contribution in [2.45, 2.75) is 32.2 Å². The summed E-state index contributed by atoms with van der Waals surface area (Å²) in [6.07, 6.45) is 6.83. The monoisotopic (exact) mass is 238 g/mol. The minimum atomic E-state index is -0.587. The first-order valence-corrected chi connectivity index (χ1v) is 5.13. The van der Waals surface area contributed by atoms with Crippen molar-refractivity contribution in [3.05, 3.63) is 12.2 Å². The quantitative estimate of drug-likeness (QED) is 0.405. The van der Waals surface area contributed by atoms with E-state index in [1.807, 2.05) is 0 Å². The Hall–Kier alpha value is -1.80. The van der Waals surface area contributed by atoms with Gasteiger partial charge in [-0.15, -0.1) is 6.42 Å². The third-order valence-electron chi connectivity index (χ3n) is 2.08. The van der Waals surface area contributed by atoms with Crippen LogP contribution in [0.25, 0.3) is 0 Å². The average molecular weight is 238 g/mol. The molecule has 0 saturated heterocycles. The zero-order valence-electron chi connectivity index (χ0n) is 9.71. The minimum Gasteiger partial charge on any atom is -0.463 e. The van der Waals surface area contributed by atoms with Gasteiger partial charge in [-0.3, -0.25) is 9.59 Å². The van der Waals surface area contributed by atoms with Gasteiger partial charge in [0.25, 0.3) is 0 Å². The van der Waals surface area contributed by atoms with Crippen LogP contribution in [0.5, 0.6) is 0 Å². The second-order valence-corrected chi connectivity index (χ2v) is 3.52. The molecule has 3 atom stereocenters. The molecular formula is C12H14O5. The van der Waals surface area contributed by atoms with Crippen molar-refractivity contribution < 1.29 is 23.8 Å². The SMILES string of the molecule is C#C[C@@H]1C=C[C@@H](OC(C)=O)[C@@H](COC(C)=O)O1. The number of esters is 2. The van der Waals surface area contributed by atoms with E-state index in [0.29, 0.717) is 0 Å². The van der Waals surface area contributed by atoms with E-state index in [4.69, 9.17) is 20.6 Å². The molecule has 0 aromatic carbocycles. The van der Waals surface area contributed by atoms with Crippen molar-refractivity contribution in [3.8, 4) is 12.3 Å². The van der Waals surface area contributed by atoms with E-state index in [1.54, 1.807) is 12.2 Å². The molecule has 1 aliphatic rings. The Morgan fingerprint density at radius 2 is 2.06 bits per heavy atom. The van der Waals surface area contributed by atoms with E-state index >= 15 is 0 Å². The molecule has 0 radical (unpaired) electrons. The van der Waals surface area contributed by atoms with Gasteiger partial charge in [0, 0.05) is 13.8 Å². The molecule has 0 aromatic heterocycles. The summed E-state index contributed by atoms with van der Waals surface area (Å²) in [5, 5.41) is 0. The largest absolute Gasteiger partial charge is 0.463 e. The summed E-state index contributed by atoms with van der Waals surface area (Å²) in [4.78, 5) is 21.6. The molecule has 5 heteroatoms. The fraction of sp³-hybridized carbons (Fsp3) is 0.500. The molecule has 5 nitrogen and oxygen atoms in total. The van der Waals surface area contributed by atoms with Crippen LogP contribution in [-0.4, -0.2) is 36.9 Å². The molecule has 0 fully saturated rings. The Bertz CT molecular complexity index is 366. The lowest BCUT2D eigenvalue weighted by molar-refractivity contribution is -0.161. The van der Waals surface area contributed by atoms with E-state index < -0.39 is 30.3 Å². The van der Waals surface area contributed by atoms with Crippen LogP contribution in [0, 0.1) is 12.3 Å². The number of hydrogen-bond acceptors (Lipinski definition) is 5. The molecular weight excluding hydrogens is 224 g/mol. The lowest BCUT2D eigenvalue weighted by Gasteiger charge is -2.29. The van der Waals surface area contributed by atoms with Gasteiger partial charge in [-0.2, -0.15) is 0 Å². The van der Waals surface area contributed by atoms with E-state index in [9.17, 15) is 9.59 Å². The van der Waals surface area contributed by atoms with Crippen LogP contribution in [0.3, 0.4) is 0 Å². The molecule has 1 aliphatic heterocycles. The van der Waals surface area contributed by atoms with E-state index in [2.05, 4.69) is 5.92 Å². The molecule has 0 aromatic rings. The third-order valence-corrected chi connectivity index (χ3v) is 2.08. The number of rotatable bonds is 3. The summed E-state index contributed by atoms with van der Waals surface area (Å²) in [6.45, 7) is 2.58. The van der Waals surface area contributed by atoms with Crippen LogP contribution in [0.2, 0.25) is 0 Å². The Morgan fingerprint density at radius 3 is 2.59 bits per heavy atom. The van der Waals surface area contributed by atoms with Crippen LogP contribution in [0.15, 0.2) is 12.2 Å². The summed E-state index contributed by atoms with van der Waals surface area (Å²) >= 11 is 0. The number of ether oxygens (including phenoxy) is 3. The molecule has 0 saturated carbocycles. The van der Waals surface area contributed by atoms with Crippen LogP contribution in [0.4, 0.5) is 0 Å². The van der Waals surface area contributed by atoms with E-state index in [-0.39, 0.29) is 6.61 Å². The number of terminal acetylenes is 1. The van der Waals surface area contributed by atoms with Gasteiger partial charge in [0.1, 0.15) is 24.9 Å². The van der Waals surface area contributed by atoms with Crippen molar-refractivity contribution in [2.75, 3.05) is 6.61 Å². The van der Waals surface area contributed by atoms with Crippen molar-refractivity contribution >= 4 is 11.9 Å². The molecule has 0 amide bonds. The Labute approximate surface area is 99.7 Å². The first-order chi connectivity index (χ1) is 8.02. The molecule has 1 rings (SSSR count). The van der Waals surface area contributed by atoms with E-state index in [1.165, 1.54) is 13.8 Å². The average Bonchev–Trinajstić information content (AvgIpc) is 2.27. The minimum absolute atomic E-state index is 0.00417. The Balaban J connectivity index is 2.66. The topological polar surface area (TPSA) is 61.8 Å². The lowest BCUT2D eigenvalue weighted by atomic mass is 10.1. The predicted octanol–water partition coefficient (Wildman–Crippen LogP) is 0.438. The first kappa shape index (κ1) is 13.3. The second kappa shape index (κ2) is 6.06. The Kier molecular flexibility index (Phi) is 4.73. The second-order valence-electron chi connectivity index (χ2n) is 3.52. The van der Waals surface area contributed by atoms with Gasteiger partial charge in [-0.1, -0.05) is 5.92 Å². The molecule has 92 valence electrons. The molecule has 0 N–H and O–H groups in total. The molecule has 0 bridgehead atoms. The van der Waals surface area contributed by atoms with E-state index in [0.717, 1.165) is 0 Å². The standard InChI is InChI=1S/C12H14O5/c1-4-10-5-6-11(16-9(3)14)12(17-10)7-15-8(2)13/h1,5-6,10-12H,7H2,2-3H3/t10-,11-,12-/m1/s1. The van der Waals surface area contributed by atoms with Crippen LogP contribution in [0.1, 0.15) is 13.8 Å². The van der Waals surface area contributed by atoms with Crippen LogP contribution in [-0.2, 0) is 23.8 Å². The first-order valence-electron chi connectivity index (χ1n) is 5.13. The van der Waals surface area contributed by atoms with Gasteiger partial charge in [-0.05, 0) is 12.2 Å². The number of hydrogen-bond donors (Lipinski definition) is 0. The fourth-order valence-electron chi connectivity index (χ4n) is 1.38. The summed E-state index contributed by atoms with van der Waals surface area (Å²) in [6, 6.07) is 0. The summed E-state index contributed by atoms with van der Waals surface area (Å²) < 4.78 is 15.3. The molecule has 0 unspecified atom stereocenters. The highest BCUT2D eigenvalue weighted by atomic mass is 16.6. The maximum Gasteiger partial charge on any atom is 0.303 e. The molecule has 0 aliphatic carbocycles. The van der Waals surface area contributed by atoms with Gasteiger partial charge in [0.15, 0.2) is 0 Å². The van der Waals surface area contributed by atoms with Gasteiger partial charge in [0.2, 0.25) is 0 Å². The van der Waals surface area contributed by atoms with Gasteiger partial charge in [0.05, 0.1) is 0 Å². The zero-order valence-corrected chi connectivity index (χ0v) is 9.71. The van der Waals surface area contributed by atoms with Gasteiger partial charge in [-0.25, -0.2) is 0 Å². The summed E-state index contributed by atoms with van der Waals surface area (Å²) in [5.74, 6) is 1.54. The van der Waals surface area contributed by atoms with Crippen molar-refractivity contribution in [1.29, 1.82) is 0 Å².